The number of hydrogen-bond donors (Lipinski definition) is 2. The second-order valence-corrected chi connectivity index (χ2v) is 5.36. The molecule has 0 saturated heterocycles. The highest BCUT2D eigenvalue weighted by atomic mass is 16.1. The van der Waals surface area contributed by atoms with Gasteiger partial charge in [0.05, 0.1) is 0 Å². The minimum Gasteiger partial charge on any atom is -0.386 e. The van der Waals surface area contributed by atoms with Crippen LogP contribution in [0, 0.1) is 25.2 Å². The summed E-state index contributed by atoms with van der Waals surface area (Å²) in [7, 11) is 0. The number of anilines is 1. The zero-order valence-electron chi connectivity index (χ0n) is 13.3. The topological polar surface area (TPSA) is 64.9 Å². The Balaban J connectivity index is 1.98. The lowest BCUT2D eigenvalue weighted by Crippen LogP contribution is -2.16. The van der Waals surface area contributed by atoms with Gasteiger partial charge in [0.15, 0.2) is 0 Å². The van der Waals surface area contributed by atoms with Gasteiger partial charge in [-0.1, -0.05) is 42.0 Å². The SMILES string of the molecule is Cc1cccc(CN/C=C(/C#N)C(=O)Nc2cccc(C)c2)c1. The minimum absolute atomic E-state index is 0.0409. The summed E-state index contributed by atoms with van der Waals surface area (Å²) in [6.07, 6.45) is 1.45. The van der Waals surface area contributed by atoms with Crippen LogP contribution in [0.15, 0.2) is 60.3 Å². The molecule has 0 spiro atoms. The zero-order chi connectivity index (χ0) is 16.7. The molecule has 4 nitrogen and oxygen atoms in total. The molecule has 0 aromatic heterocycles. The van der Waals surface area contributed by atoms with Crippen LogP contribution in [0.25, 0.3) is 0 Å². The summed E-state index contributed by atoms with van der Waals surface area (Å²) in [5, 5.41) is 14.9. The summed E-state index contributed by atoms with van der Waals surface area (Å²) in [4.78, 5) is 12.1. The number of nitriles is 1. The van der Waals surface area contributed by atoms with E-state index >= 15 is 0 Å². The van der Waals surface area contributed by atoms with E-state index in [9.17, 15) is 4.79 Å². The third-order valence-corrected chi connectivity index (χ3v) is 3.28. The van der Waals surface area contributed by atoms with E-state index in [0.29, 0.717) is 12.2 Å². The number of aryl methyl sites for hydroxylation is 2. The Kier molecular flexibility index (Phi) is 5.54. The van der Waals surface area contributed by atoms with Gasteiger partial charge < -0.3 is 10.6 Å². The summed E-state index contributed by atoms with van der Waals surface area (Å²) >= 11 is 0. The van der Waals surface area contributed by atoms with Crippen molar-refractivity contribution in [2.45, 2.75) is 20.4 Å². The van der Waals surface area contributed by atoms with Crippen molar-refractivity contribution in [2.75, 3.05) is 5.32 Å². The fourth-order valence-corrected chi connectivity index (χ4v) is 2.16. The molecule has 2 rings (SSSR count). The van der Waals surface area contributed by atoms with Crippen molar-refractivity contribution in [3.63, 3.8) is 0 Å². The normalized spacial score (nSPS) is 10.7. The maximum absolute atomic E-state index is 12.1. The Hall–Kier alpha value is -3.06. The first-order valence-electron chi connectivity index (χ1n) is 7.35. The van der Waals surface area contributed by atoms with E-state index in [1.54, 1.807) is 6.07 Å². The van der Waals surface area contributed by atoms with Crippen LogP contribution >= 0.6 is 0 Å². The van der Waals surface area contributed by atoms with Crippen LogP contribution < -0.4 is 10.6 Å². The maximum Gasteiger partial charge on any atom is 0.267 e. The Morgan fingerprint density at radius 3 is 2.48 bits per heavy atom. The highest BCUT2D eigenvalue weighted by molar-refractivity contribution is 6.06. The van der Waals surface area contributed by atoms with Gasteiger partial charge >= 0.3 is 0 Å². The van der Waals surface area contributed by atoms with Gasteiger partial charge in [-0.3, -0.25) is 4.79 Å². The molecule has 0 heterocycles. The highest BCUT2D eigenvalue weighted by Gasteiger charge is 2.09. The van der Waals surface area contributed by atoms with Crippen molar-refractivity contribution < 1.29 is 4.79 Å². The molecule has 0 aliphatic rings. The number of benzene rings is 2. The first-order chi connectivity index (χ1) is 11.1. The average Bonchev–Trinajstić information content (AvgIpc) is 2.51. The summed E-state index contributed by atoms with van der Waals surface area (Å²) in [5.74, 6) is -0.421. The Morgan fingerprint density at radius 1 is 1.13 bits per heavy atom. The lowest BCUT2D eigenvalue weighted by atomic mass is 10.1. The van der Waals surface area contributed by atoms with E-state index in [0.717, 1.165) is 11.1 Å². The molecule has 0 aliphatic carbocycles. The maximum atomic E-state index is 12.1. The van der Waals surface area contributed by atoms with Gasteiger partial charge in [-0.15, -0.1) is 0 Å². The van der Waals surface area contributed by atoms with E-state index in [1.807, 2.05) is 56.3 Å². The van der Waals surface area contributed by atoms with Gasteiger partial charge in [0.25, 0.3) is 5.91 Å². The van der Waals surface area contributed by atoms with E-state index < -0.39 is 5.91 Å². The number of hydrogen-bond acceptors (Lipinski definition) is 3. The Bertz CT molecular complexity index is 772. The molecule has 0 bridgehead atoms. The lowest BCUT2D eigenvalue weighted by Gasteiger charge is -2.06. The molecule has 116 valence electrons. The number of carbonyl (C=O) groups excluding carboxylic acids is 1. The molecule has 0 saturated carbocycles. The number of rotatable bonds is 5. The predicted molar refractivity (Wildman–Crippen MR) is 91.5 cm³/mol. The van der Waals surface area contributed by atoms with Crippen molar-refractivity contribution in [1.29, 1.82) is 5.26 Å². The number of amides is 1. The molecule has 0 fully saturated rings. The molecule has 0 atom stereocenters. The summed E-state index contributed by atoms with van der Waals surface area (Å²) in [6, 6.07) is 17.4. The molecule has 4 heteroatoms. The van der Waals surface area contributed by atoms with Gasteiger partial charge in [-0.05, 0) is 37.1 Å². The monoisotopic (exact) mass is 305 g/mol. The third-order valence-electron chi connectivity index (χ3n) is 3.28. The largest absolute Gasteiger partial charge is 0.386 e. The molecule has 23 heavy (non-hydrogen) atoms. The first-order valence-corrected chi connectivity index (χ1v) is 7.35. The van der Waals surface area contributed by atoms with Crippen LogP contribution in [0.4, 0.5) is 5.69 Å². The van der Waals surface area contributed by atoms with E-state index in [2.05, 4.69) is 16.7 Å². The van der Waals surface area contributed by atoms with Crippen LogP contribution in [0.1, 0.15) is 16.7 Å². The smallest absolute Gasteiger partial charge is 0.267 e. The number of nitrogens with zero attached hydrogens (tertiary/aromatic N) is 1. The average molecular weight is 305 g/mol. The van der Waals surface area contributed by atoms with E-state index in [4.69, 9.17) is 5.26 Å². The zero-order valence-corrected chi connectivity index (χ0v) is 13.3. The van der Waals surface area contributed by atoms with Crippen LogP contribution in [0.3, 0.4) is 0 Å². The van der Waals surface area contributed by atoms with Crippen molar-refractivity contribution in [3.8, 4) is 6.07 Å². The quantitative estimate of drug-likeness (QED) is 0.657. The van der Waals surface area contributed by atoms with Gasteiger partial charge in [-0.25, -0.2) is 0 Å². The van der Waals surface area contributed by atoms with Gasteiger partial charge in [-0.2, -0.15) is 5.26 Å². The fraction of sp³-hybridized carbons (Fsp3) is 0.158. The second kappa shape index (κ2) is 7.81. The molecule has 2 aromatic carbocycles. The van der Waals surface area contributed by atoms with Crippen molar-refractivity contribution in [2.24, 2.45) is 0 Å². The predicted octanol–water partition coefficient (Wildman–Crippen LogP) is 3.44. The van der Waals surface area contributed by atoms with Crippen LogP contribution in [-0.4, -0.2) is 5.91 Å². The molecular formula is C19H19N3O. The van der Waals surface area contributed by atoms with E-state index in [1.165, 1.54) is 11.8 Å². The molecule has 2 aromatic rings. The second-order valence-electron chi connectivity index (χ2n) is 5.36. The lowest BCUT2D eigenvalue weighted by molar-refractivity contribution is -0.112. The van der Waals surface area contributed by atoms with Gasteiger partial charge in [0.1, 0.15) is 11.6 Å². The van der Waals surface area contributed by atoms with Crippen molar-refractivity contribution in [1.82, 2.24) is 5.32 Å². The molecule has 0 unspecified atom stereocenters. The Labute approximate surface area is 136 Å². The number of nitrogens with one attached hydrogen (secondary N) is 2. The molecular weight excluding hydrogens is 286 g/mol. The molecule has 0 aliphatic heterocycles. The third kappa shape index (κ3) is 5.01. The molecule has 1 amide bonds. The summed E-state index contributed by atoms with van der Waals surface area (Å²) in [5.41, 5.74) is 4.03. The van der Waals surface area contributed by atoms with Crippen molar-refractivity contribution >= 4 is 11.6 Å². The summed E-state index contributed by atoms with van der Waals surface area (Å²) < 4.78 is 0. The highest BCUT2D eigenvalue weighted by Crippen LogP contribution is 2.10. The van der Waals surface area contributed by atoms with Crippen LogP contribution in [0.5, 0.6) is 0 Å². The minimum atomic E-state index is -0.421. The summed E-state index contributed by atoms with van der Waals surface area (Å²) in [6.45, 7) is 4.53. The molecule has 0 radical (unpaired) electrons. The molecule has 2 N–H and O–H groups in total. The van der Waals surface area contributed by atoms with Crippen LogP contribution in [0.2, 0.25) is 0 Å². The van der Waals surface area contributed by atoms with Gasteiger partial charge in [0, 0.05) is 18.4 Å². The standard InChI is InChI=1S/C19H19N3O/c1-14-5-3-7-16(9-14)12-21-13-17(11-20)19(23)22-18-8-4-6-15(2)10-18/h3-10,13,21H,12H2,1-2H3,(H,22,23)/b17-13-. The first kappa shape index (κ1) is 16.3. The van der Waals surface area contributed by atoms with Gasteiger partial charge in [0.2, 0.25) is 0 Å². The van der Waals surface area contributed by atoms with E-state index in [-0.39, 0.29) is 5.57 Å². The fourth-order valence-electron chi connectivity index (χ4n) is 2.16. The Morgan fingerprint density at radius 2 is 1.83 bits per heavy atom. The van der Waals surface area contributed by atoms with Crippen molar-refractivity contribution in [3.05, 3.63) is 77.0 Å². The number of carbonyl (C=O) groups is 1. The van der Waals surface area contributed by atoms with Crippen LogP contribution in [-0.2, 0) is 11.3 Å².